The van der Waals surface area contributed by atoms with Gasteiger partial charge >= 0.3 is 0 Å². The highest BCUT2D eigenvalue weighted by atomic mass is 35.5. The molecule has 0 atom stereocenters. The van der Waals surface area contributed by atoms with Crippen LogP contribution in [-0.2, 0) is 6.54 Å². The lowest BCUT2D eigenvalue weighted by molar-refractivity contribution is 0.822. The van der Waals surface area contributed by atoms with Gasteiger partial charge in [-0.05, 0) is 67.0 Å². The molecule has 2 aromatic heterocycles. The Kier molecular flexibility index (Phi) is 6.23. The number of aromatic nitrogens is 2. The highest BCUT2D eigenvalue weighted by Crippen LogP contribution is 2.33. The number of hydrogen-bond acceptors (Lipinski definition) is 4. The van der Waals surface area contributed by atoms with Crippen molar-refractivity contribution in [2.75, 3.05) is 12.4 Å². The van der Waals surface area contributed by atoms with Gasteiger partial charge < -0.3 is 10.6 Å². The van der Waals surface area contributed by atoms with Crippen LogP contribution in [0.5, 0.6) is 0 Å². The third-order valence-electron chi connectivity index (χ3n) is 4.32. The molecule has 0 spiro atoms. The minimum absolute atomic E-state index is 0.331. The molecule has 0 unspecified atom stereocenters. The Morgan fingerprint density at radius 2 is 1.90 bits per heavy atom. The van der Waals surface area contributed by atoms with Crippen molar-refractivity contribution < 1.29 is 0 Å². The Balaban J connectivity index is 1.73. The van der Waals surface area contributed by atoms with Crippen molar-refractivity contribution in [3.8, 4) is 0 Å². The Morgan fingerprint density at radius 3 is 2.66 bits per heavy atom. The van der Waals surface area contributed by atoms with Crippen LogP contribution in [0.2, 0.25) is 15.3 Å². The smallest absolute Gasteiger partial charge is 0.154 e. The molecular formula is C21H17Cl3N4S. The zero-order valence-corrected chi connectivity index (χ0v) is 18.5. The minimum atomic E-state index is 0.331. The van der Waals surface area contributed by atoms with E-state index in [1.165, 1.54) is 10.9 Å². The Hall–Kier alpha value is -1.89. The van der Waals surface area contributed by atoms with Crippen molar-refractivity contribution >= 4 is 69.0 Å². The van der Waals surface area contributed by atoms with Crippen LogP contribution in [0.25, 0.3) is 10.9 Å². The van der Waals surface area contributed by atoms with E-state index in [1.54, 1.807) is 18.0 Å². The number of anilines is 2. The molecule has 0 aliphatic rings. The first-order valence-electron chi connectivity index (χ1n) is 8.85. The SMILES string of the molecule is CNCc1cn(Sc2cccc(Cl)c2)c2cc(Nc3ccc(Cl)nc3Cl)ccc12. The molecule has 29 heavy (non-hydrogen) atoms. The second-order valence-electron chi connectivity index (χ2n) is 6.39. The molecule has 0 saturated heterocycles. The van der Waals surface area contributed by atoms with Crippen molar-refractivity contribution in [1.82, 2.24) is 14.3 Å². The number of halogens is 3. The van der Waals surface area contributed by atoms with Crippen LogP contribution in [0, 0.1) is 0 Å². The number of benzene rings is 2. The highest BCUT2D eigenvalue weighted by Gasteiger charge is 2.12. The fourth-order valence-electron chi connectivity index (χ4n) is 3.05. The van der Waals surface area contributed by atoms with E-state index in [1.807, 2.05) is 43.4 Å². The van der Waals surface area contributed by atoms with E-state index >= 15 is 0 Å². The summed E-state index contributed by atoms with van der Waals surface area (Å²) in [6.45, 7) is 0.777. The molecular weight excluding hydrogens is 447 g/mol. The van der Waals surface area contributed by atoms with E-state index in [0.29, 0.717) is 21.0 Å². The van der Waals surface area contributed by atoms with Crippen molar-refractivity contribution in [2.45, 2.75) is 11.4 Å². The summed E-state index contributed by atoms with van der Waals surface area (Å²) in [5.74, 6) is 0. The molecule has 2 aromatic carbocycles. The predicted molar refractivity (Wildman–Crippen MR) is 125 cm³/mol. The van der Waals surface area contributed by atoms with Gasteiger partial charge in [0.15, 0.2) is 5.15 Å². The Labute approximate surface area is 188 Å². The summed E-state index contributed by atoms with van der Waals surface area (Å²) in [6.07, 6.45) is 2.15. The second-order valence-corrected chi connectivity index (χ2v) is 8.62. The fraction of sp³-hybridized carbons (Fsp3) is 0.0952. The average molecular weight is 464 g/mol. The van der Waals surface area contributed by atoms with Gasteiger partial charge in [-0.2, -0.15) is 0 Å². The summed E-state index contributed by atoms with van der Waals surface area (Å²) < 4.78 is 2.15. The molecule has 0 aliphatic carbocycles. The first-order valence-corrected chi connectivity index (χ1v) is 10.8. The van der Waals surface area contributed by atoms with Gasteiger partial charge in [-0.15, -0.1) is 0 Å². The third-order valence-corrected chi connectivity index (χ3v) is 6.01. The van der Waals surface area contributed by atoms with Gasteiger partial charge in [0.05, 0.1) is 11.2 Å². The molecule has 2 N–H and O–H groups in total. The van der Waals surface area contributed by atoms with Crippen LogP contribution >= 0.6 is 46.8 Å². The summed E-state index contributed by atoms with van der Waals surface area (Å²) >= 11 is 19.9. The molecule has 0 fully saturated rings. The van der Waals surface area contributed by atoms with Gasteiger partial charge in [0.1, 0.15) is 5.15 Å². The number of nitrogens with one attached hydrogen (secondary N) is 2. The molecule has 0 saturated carbocycles. The molecule has 4 aromatic rings. The van der Waals surface area contributed by atoms with Crippen molar-refractivity contribution in [3.63, 3.8) is 0 Å². The lowest BCUT2D eigenvalue weighted by atomic mass is 10.1. The first kappa shape index (κ1) is 20.4. The van der Waals surface area contributed by atoms with Crippen LogP contribution in [0.4, 0.5) is 11.4 Å². The maximum atomic E-state index is 6.21. The van der Waals surface area contributed by atoms with E-state index in [9.17, 15) is 0 Å². The molecule has 4 rings (SSSR count). The molecule has 0 radical (unpaired) electrons. The largest absolute Gasteiger partial charge is 0.353 e. The van der Waals surface area contributed by atoms with Crippen LogP contribution in [0.1, 0.15) is 5.56 Å². The standard InChI is InChI=1S/C21H17Cl3N4S/c1-25-11-13-12-28(29-16-4-2-3-14(22)9-16)19-10-15(5-6-17(13)19)26-18-7-8-20(23)27-21(18)24/h2-10,12,25-26H,11H2,1H3. The van der Waals surface area contributed by atoms with E-state index in [0.717, 1.165) is 22.6 Å². The summed E-state index contributed by atoms with van der Waals surface area (Å²) in [4.78, 5) is 5.14. The zero-order chi connectivity index (χ0) is 20.4. The number of pyridine rings is 1. The normalized spacial score (nSPS) is 11.2. The maximum Gasteiger partial charge on any atom is 0.154 e. The van der Waals surface area contributed by atoms with Crippen LogP contribution < -0.4 is 10.6 Å². The lowest BCUT2D eigenvalue weighted by Crippen LogP contribution is -2.04. The van der Waals surface area contributed by atoms with Gasteiger partial charge in [0.25, 0.3) is 0 Å². The second kappa shape index (κ2) is 8.86. The topological polar surface area (TPSA) is 41.9 Å². The van der Waals surface area contributed by atoms with Crippen molar-refractivity contribution in [3.05, 3.63) is 81.7 Å². The first-order chi connectivity index (χ1) is 14.0. The molecule has 0 amide bonds. The summed E-state index contributed by atoms with van der Waals surface area (Å²) in [5, 5.41) is 9.14. The predicted octanol–water partition coefficient (Wildman–Crippen LogP) is 7.01. The number of fused-ring (bicyclic) bond motifs is 1. The average Bonchev–Trinajstić information content (AvgIpc) is 3.01. The minimum Gasteiger partial charge on any atom is -0.353 e. The van der Waals surface area contributed by atoms with Gasteiger partial charge in [0, 0.05) is 33.7 Å². The van der Waals surface area contributed by atoms with E-state index in [4.69, 9.17) is 34.8 Å². The van der Waals surface area contributed by atoms with Gasteiger partial charge in [-0.3, -0.25) is 3.97 Å². The third kappa shape index (κ3) is 4.65. The van der Waals surface area contributed by atoms with Gasteiger partial charge in [0.2, 0.25) is 0 Å². The fourth-order valence-corrected chi connectivity index (χ4v) is 4.67. The molecule has 4 nitrogen and oxygen atoms in total. The molecule has 8 heteroatoms. The number of rotatable bonds is 6. The molecule has 2 heterocycles. The van der Waals surface area contributed by atoms with Crippen molar-refractivity contribution in [1.29, 1.82) is 0 Å². The van der Waals surface area contributed by atoms with E-state index in [2.05, 4.69) is 37.9 Å². The van der Waals surface area contributed by atoms with E-state index < -0.39 is 0 Å². The lowest BCUT2D eigenvalue weighted by Gasteiger charge is -2.10. The zero-order valence-electron chi connectivity index (χ0n) is 15.4. The van der Waals surface area contributed by atoms with Gasteiger partial charge in [-0.1, -0.05) is 46.9 Å². The maximum absolute atomic E-state index is 6.21. The summed E-state index contributed by atoms with van der Waals surface area (Å²) in [7, 11) is 1.94. The number of hydrogen-bond donors (Lipinski definition) is 2. The quantitative estimate of drug-likeness (QED) is 0.302. The Morgan fingerprint density at radius 1 is 1.03 bits per heavy atom. The molecule has 0 bridgehead atoms. The summed E-state index contributed by atoms with van der Waals surface area (Å²) in [5.41, 5.74) is 3.91. The van der Waals surface area contributed by atoms with E-state index in [-0.39, 0.29) is 0 Å². The van der Waals surface area contributed by atoms with Gasteiger partial charge in [-0.25, -0.2) is 4.98 Å². The monoisotopic (exact) mass is 462 g/mol. The van der Waals surface area contributed by atoms with Crippen LogP contribution in [0.3, 0.4) is 0 Å². The highest BCUT2D eigenvalue weighted by molar-refractivity contribution is 7.98. The van der Waals surface area contributed by atoms with Crippen molar-refractivity contribution in [2.24, 2.45) is 0 Å². The Bertz CT molecular complexity index is 1180. The molecule has 0 aliphatic heterocycles. The van der Waals surface area contributed by atoms with Crippen LogP contribution in [0.15, 0.2) is 65.7 Å². The summed E-state index contributed by atoms with van der Waals surface area (Å²) in [6, 6.07) is 17.6. The number of nitrogens with zero attached hydrogens (tertiary/aromatic N) is 2. The molecule has 148 valence electrons. The van der Waals surface area contributed by atoms with Crippen LogP contribution in [-0.4, -0.2) is 16.0 Å².